The zero-order valence-electron chi connectivity index (χ0n) is 11.7. The molecule has 2 heteroatoms. The van der Waals surface area contributed by atoms with Gasteiger partial charge in [0, 0.05) is 11.4 Å². The minimum absolute atomic E-state index is 0.148. The van der Waals surface area contributed by atoms with Crippen LogP contribution in [0.1, 0.15) is 31.4 Å². The average molecular weight is 254 g/mol. The number of nitrogen functional groups attached to an aromatic ring is 2. The Morgan fingerprint density at radius 3 is 1.79 bits per heavy atom. The second kappa shape index (κ2) is 5.35. The van der Waals surface area contributed by atoms with E-state index in [2.05, 4.69) is 38.1 Å². The van der Waals surface area contributed by atoms with E-state index in [1.165, 1.54) is 11.1 Å². The van der Waals surface area contributed by atoms with Crippen molar-refractivity contribution in [2.75, 3.05) is 11.5 Å². The third-order valence-electron chi connectivity index (χ3n) is 3.71. The van der Waals surface area contributed by atoms with Crippen molar-refractivity contribution in [2.24, 2.45) is 0 Å². The first-order valence-electron chi connectivity index (χ1n) is 6.68. The molecule has 0 fully saturated rings. The van der Waals surface area contributed by atoms with Crippen molar-refractivity contribution in [2.45, 2.75) is 32.1 Å². The van der Waals surface area contributed by atoms with E-state index in [9.17, 15) is 0 Å². The standard InChI is InChI=1S/C17H22N2/c1-17(2,14-5-9-16(19)10-6-14)12-11-13-3-7-15(18)8-4-13/h3-10H,11-12,18-19H2,1-2H3. The van der Waals surface area contributed by atoms with Gasteiger partial charge in [0.05, 0.1) is 0 Å². The Labute approximate surface area is 115 Å². The summed E-state index contributed by atoms with van der Waals surface area (Å²) in [5.74, 6) is 0. The molecule has 0 saturated carbocycles. The zero-order valence-corrected chi connectivity index (χ0v) is 11.7. The Bertz CT molecular complexity index is 524. The van der Waals surface area contributed by atoms with E-state index in [0.29, 0.717) is 0 Å². The molecular weight excluding hydrogens is 232 g/mol. The molecule has 100 valence electrons. The molecule has 0 aliphatic carbocycles. The van der Waals surface area contributed by atoms with Crippen LogP contribution in [-0.4, -0.2) is 0 Å². The lowest BCUT2D eigenvalue weighted by molar-refractivity contribution is 0.480. The second-order valence-electron chi connectivity index (χ2n) is 5.75. The van der Waals surface area contributed by atoms with Crippen LogP contribution < -0.4 is 11.5 Å². The van der Waals surface area contributed by atoms with Crippen molar-refractivity contribution in [1.82, 2.24) is 0 Å². The van der Waals surface area contributed by atoms with E-state index in [1.54, 1.807) is 0 Å². The third-order valence-corrected chi connectivity index (χ3v) is 3.71. The molecule has 0 spiro atoms. The van der Waals surface area contributed by atoms with Crippen molar-refractivity contribution in [1.29, 1.82) is 0 Å². The van der Waals surface area contributed by atoms with Crippen molar-refractivity contribution < 1.29 is 0 Å². The van der Waals surface area contributed by atoms with E-state index >= 15 is 0 Å². The normalized spacial score (nSPS) is 11.5. The maximum Gasteiger partial charge on any atom is 0.0314 e. The van der Waals surface area contributed by atoms with Crippen molar-refractivity contribution >= 4 is 11.4 Å². The SMILES string of the molecule is CC(C)(CCc1ccc(N)cc1)c1ccc(N)cc1. The molecule has 0 saturated heterocycles. The summed E-state index contributed by atoms with van der Waals surface area (Å²) in [6.07, 6.45) is 2.15. The molecule has 2 aromatic carbocycles. The molecular formula is C17H22N2. The summed E-state index contributed by atoms with van der Waals surface area (Å²) in [6, 6.07) is 16.3. The lowest BCUT2D eigenvalue weighted by Gasteiger charge is -2.25. The van der Waals surface area contributed by atoms with Crippen molar-refractivity contribution in [3.63, 3.8) is 0 Å². The maximum atomic E-state index is 5.74. The topological polar surface area (TPSA) is 52.0 Å². The van der Waals surface area contributed by atoms with Gasteiger partial charge in [0.1, 0.15) is 0 Å². The molecule has 0 atom stereocenters. The summed E-state index contributed by atoms with van der Waals surface area (Å²) in [6.45, 7) is 4.55. The number of anilines is 2. The van der Waals surface area contributed by atoms with Crippen LogP contribution in [0.4, 0.5) is 11.4 Å². The van der Waals surface area contributed by atoms with E-state index in [1.807, 2.05) is 24.3 Å². The van der Waals surface area contributed by atoms with Crippen molar-refractivity contribution in [3.8, 4) is 0 Å². The van der Waals surface area contributed by atoms with Gasteiger partial charge in [-0.25, -0.2) is 0 Å². The Kier molecular flexibility index (Phi) is 3.79. The molecule has 0 aliphatic rings. The molecule has 2 rings (SSSR count). The lowest BCUT2D eigenvalue weighted by atomic mass is 9.79. The minimum Gasteiger partial charge on any atom is -0.399 e. The first-order valence-corrected chi connectivity index (χ1v) is 6.68. The van der Waals surface area contributed by atoms with Crippen LogP contribution >= 0.6 is 0 Å². The fourth-order valence-corrected chi connectivity index (χ4v) is 2.22. The van der Waals surface area contributed by atoms with E-state index < -0.39 is 0 Å². The average Bonchev–Trinajstić information content (AvgIpc) is 2.39. The monoisotopic (exact) mass is 254 g/mol. The molecule has 0 amide bonds. The summed E-state index contributed by atoms with van der Waals surface area (Å²) in [7, 11) is 0. The number of benzene rings is 2. The molecule has 0 radical (unpaired) electrons. The van der Waals surface area contributed by atoms with Gasteiger partial charge >= 0.3 is 0 Å². The number of nitrogens with two attached hydrogens (primary N) is 2. The van der Waals surface area contributed by atoms with Crippen LogP contribution in [0.5, 0.6) is 0 Å². The Balaban J connectivity index is 2.04. The zero-order chi connectivity index (χ0) is 13.9. The summed E-state index contributed by atoms with van der Waals surface area (Å²) < 4.78 is 0. The molecule has 0 aromatic heterocycles. The number of aryl methyl sites for hydroxylation is 1. The van der Waals surface area contributed by atoms with Crippen LogP contribution in [-0.2, 0) is 11.8 Å². The van der Waals surface area contributed by atoms with Gasteiger partial charge in [0.2, 0.25) is 0 Å². The smallest absolute Gasteiger partial charge is 0.0314 e. The summed E-state index contributed by atoms with van der Waals surface area (Å²) in [4.78, 5) is 0. The van der Waals surface area contributed by atoms with Gasteiger partial charge in [-0.15, -0.1) is 0 Å². The molecule has 2 aromatic rings. The molecule has 0 heterocycles. The van der Waals surface area contributed by atoms with Gasteiger partial charge in [0.15, 0.2) is 0 Å². The third kappa shape index (κ3) is 3.50. The first-order chi connectivity index (χ1) is 8.97. The number of hydrogen-bond donors (Lipinski definition) is 2. The number of rotatable bonds is 4. The van der Waals surface area contributed by atoms with Gasteiger partial charge in [-0.2, -0.15) is 0 Å². The largest absolute Gasteiger partial charge is 0.399 e. The summed E-state index contributed by atoms with van der Waals surface area (Å²) in [5, 5.41) is 0. The van der Waals surface area contributed by atoms with Crippen LogP contribution in [0.15, 0.2) is 48.5 Å². The van der Waals surface area contributed by atoms with E-state index in [0.717, 1.165) is 24.2 Å². The summed E-state index contributed by atoms with van der Waals surface area (Å²) >= 11 is 0. The van der Waals surface area contributed by atoms with E-state index in [4.69, 9.17) is 11.5 Å². The second-order valence-corrected chi connectivity index (χ2v) is 5.75. The van der Waals surface area contributed by atoms with Crippen LogP contribution in [0.2, 0.25) is 0 Å². The minimum atomic E-state index is 0.148. The fourth-order valence-electron chi connectivity index (χ4n) is 2.22. The predicted octanol–water partition coefficient (Wildman–Crippen LogP) is 3.76. The maximum absolute atomic E-state index is 5.74. The Morgan fingerprint density at radius 1 is 0.789 bits per heavy atom. The van der Waals surface area contributed by atoms with Gasteiger partial charge in [-0.05, 0) is 53.6 Å². The quantitative estimate of drug-likeness (QED) is 0.816. The molecule has 0 unspecified atom stereocenters. The highest BCUT2D eigenvalue weighted by molar-refractivity contribution is 5.42. The molecule has 2 nitrogen and oxygen atoms in total. The fraction of sp³-hybridized carbons (Fsp3) is 0.294. The van der Waals surface area contributed by atoms with Crippen LogP contribution in [0, 0.1) is 0 Å². The highest BCUT2D eigenvalue weighted by Crippen LogP contribution is 2.29. The highest BCUT2D eigenvalue weighted by atomic mass is 14.5. The Hall–Kier alpha value is -1.96. The number of hydrogen-bond acceptors (Lipinski definition) is 2. The predicted molar refractivity (Wildman–Crippen MR) is 83.1 cm³/mol. The Morgan fingerprint density at radius 2 is 1.26 bits per heavy atom. The van der Waals surface area contributed by atoms with Crippen molar-refractivity contribution in [3.05, 3.63) is 59.7 Å². The first kappa shape index (κ1) is 13.5. The molecule has 19 heavy (non-hydrogen) atoms. The van der Waals surface area contributed by atoms with Gasteiger partial charge < -0.3 is 11.5 Å². The van der Waals surface area contributed by atoms with E-state index in [-0.39, 0.29) is 5.41 Å². The molecule has 4 N–H and O–H groups in total. The molecule has 0 aliphatic heterocycles. The lowest BCUT2D eigenvalue weighted by Crippen LogP contribution is -2.18. The van der Waals surface area contributed by atoms with Gasteiger partial charge in [-0.1, -0.05) is 38.1 Å². The van der Waals surface area contributed by atoms with Gasteiger partial charge in [0.25, 0.3) is 0 Å². The summed E-state index contributed by atoms with van der Waals surface area (Å²) in [5.41, 5.74) is 15.9. The molecule has 0 bridgehead atoms. The van der Waals surface area contributed by atoms with Crippen LogP contribution in [0.25, 0.3) is 0 Å². The van der Waals surface area contributed by atoms with Gasteiger partial charge in [-0.3, -0.25) is 0 Å². The highest BCUT2D eigenvalue weighted by Gasteiger charge is 2.20. The van der Waals surface area contributed by atoms with Crippen LogP contribution in [0.3, 0.4) is 0 Å².